The van der Waals surface area contributed by atoms with E-state index in [1.165, 1.54) is 0 Å². The molecular weight excluding hydrogens is 523 g/mol. The third-order valence-corrected chi connectivity index (χ3v) is 5.44. The van der Waals surface area contributed by atoms with Gasteiger partial charge in [0.25, 0.3) is 0 Å². The van der Waals surface area contributed by atoms with Crippen molar-refractivity contribution >= 4 is 35.6 Å². The molecule has 0 radical (unpaired) electrons. The van der Waals surface area contributed by atoms with Gasteiger partial charge in [-0.25, -0.2) is 0 Å². The van der Waals surface area contributed by atoms with E-state index in [4.69, 9.17) is 23.6 Å². The Labute approximate surface area is 206 Å². The fraction of sp³-hybridized carbons (Fsp3) is 0.522. The molecule has 2 aliphatic heterocycles. The molecule has 1 aromatic carbocycles. The van der Waals surface area contributed by atoms with Crippen LogP contribution in [0.1, 0.15) is 19.1 Å². The first-order chi connectivity index (χ1) is 15.3. The number of ether oxygens (including phenoxy) is 3. The fourth-order valence-corrected chi connectivity index (χ4v) is 3.63. The summed E-state index contributed by atoms with van der Waals surface area (Å²) in [4.78, 5) is 7.27. The maximum absolute atomic E-state index is 5.82. The van der Waals surface area contributed by atoms with Crippen LogP contribution in [0.25, 0.3) is 0 Å². The number of hydrogen-bond donors (Lipinski definition) is 2. The smallest absolute Gasteiger partial charge is 0.195 e. The molecule has 0 amide bonds. The molecule has 2 aliphatic rings. The van der Waals surface area contributed by atoms with Gasteiger partial charge >= 0.3 is 0 Å². The summed E-state index contributed by atoms with van der Waals surface area (Å²) >= 11 is 0. The minimum Gasteiger partial charge on any atom is -0.490 e. The van der Waals surface area contributed by atoms with Gasteiger partial charge in [-0.3, -0.25) is 9.89 Å². The summed E-state index contributed by atoms with van der Waals surface area (Å²) in [5.41, 5.74) is 0.910. The lowest BCUT2D eigenvalue weighted by Crippen LogP contribution is -2.44. The van der Waals surface area contributed by atoms with Gasteiger partial charge in [0.1, 0.15) is 5.76 Å². The molecule has 1 saturated heterocycles. The molecule has 2 N–H and O–H groups in total. The van der Waals surface area contributed by atoms with Gasteiger partial charge in [0.15, 0.2) is 17.5 Å². The average molecular weight is 556 g/mol. The second-order valence-electron chi connectivity index (χ2n) is 7.78. The molecule has 0 aliphatic carbocycles. The number of aliphatic imine (C=N–C) groups is 1. The SMILES string of the molecule is CC(CN=C(NCCc1ccco1)Nc1ccc2c(c1)OCCCO2)N1CCOCC1.I. The highest BCUT2D eigenvalue weighted by Gasteiger charge is 2.17. The number of guanidine groups is 1. The van der Waals surface area contributed by atoms with Gasteiger partial charge < -0.3 is 29.3 Å². The number of nitrogens with zero attached hydrogens (tertiary/aromatic N) is 2. The average Bonchev–Trinajstić information content (AvgIpc) is 3.21. The van der Waals surface area contributed by atoms with Gasteiger partial charge in [-0.2, -0.15) is 0 Å². The molecule has 3 heterocycles. The molecule has 2 aromatic rings. The van der Waals surface area contributed by atoms with Crippen LogP contribution in [0.5, 0.6) is 11.5 Å². The first-order valence-electron chi connectivity index (χ1n) is 11.1. The summed E-state index contributed by atoms with van der Waals surface area (Å²) in [6.45, 7) is 8.45. The second kappa shape index (κ2) is 12.9. The Morgan fingerprint density at radius 1 is 1.09 bits per heavy atom. The number of morpholine rings is 1. The van der Waals surface area contributed by atoms with Crippen molar-refractivity contribution in [1.82, 2.24) is 10.2 Å². The molecular formula is C23H33IN4O4. The Morgan fingerprint density at radius 3 is 2.69 bits per heavy atom. The van der Waals surface area contributed by atoms with Crippen molar-refractivity contribution in [1.29, 1.82) is 0 Å². The van der Waals surface area contributed by atoms with Crippen molar-refractivity contribution in [3.05, 3.63) is 42.4 Å². The van der Waals surface area contributed by atoms with Gasteiger partial charge in [-0.15, -0.1) is 24.0 Å². The summed E-state index contributed by atoms with van der Waals surface area (Å²) in [5, 5.41) is 6.84. The van der Waals surface area contributed by atoms with E-state index in [9.17, 15) is 0 Å². The van der Waals surface area contributed by atoms with E-state index in [0.29, 0.717) is 25.8 Å². The van der Waals surface area contributed by atoms with E-state index in [0.717, 1.165) is 74.6 Å². The van der Waals surface area contributed by atoms with Crippen molar-refractivity contribution in [3.8, 4) is 11.5 Å². The molecule has 1 atom stereocenters. The first kappa shape index (κ1) is 24.7. The summed E-state index contributed by atoms with van der Waals surface area (Å²) < 4.78 is 22.5. The van der Waals surface area contributed by atoms with Crippen LogP contribution in [0.3, 0.4) is 0 Å². The van der Waals surface area contributed by atoms with Crippen molar-refractivity contribution < 1.29 is 18.6 Å². The van der Waals surface area contributed by atoms with Crippen LogP contribution in [0.4, 0.5) is 5.69 Å². The van der Waals surface area contributed by atoms with Crippen molar-refractivity contribution in [2.75, 3.05) is 57.9 Å². The lowest BCUT2D eigenvalue weighted by molar-refractivity contribution is 0.0220. The predicted molar refractivity (Wildman–Crippen MR) is 136 cm³/mol. The minimum atomic E-state index is 0. The molecule has 0 bridgehead atoms. The zero-order valence-electron chi connectivity index (χ0n) is 18.5. The molecule has 1 aromatic heterocycles. The Morgan fingerprint density at radius 2 is 1.91 bits per heavy atom. The van der Waals surface area contributed by atoms with Crippen molar-refractivity contribution in [2.45, 2.75) is 25.8 Å². The van der Waals surface area contributed by atoms with E-state index in [2.05, 4.69) is 22.5 Å². The van der Waals surface area contributed by atoms with Gasteiger partial charge in [0, 0.05) is 50.3 Å². The number of fused-ring (bicyclic) bond motifs is 1. The Kier molecular flexibility index (Phi) is 9.94. The summed E-state index contributed by atoms with van der Waals surface area (Å²) in [6, 6.07) is 10.1. The monoisotopic (exact) mass is 556 g/mol. The molecule has 1 fully saturated rings. The van der Waals surface area contributed by atoms with Gasteiger partial charge in [0.2, 0.25) is 0 Å². The van der Waals surface area contributed by atoms with Crippen LogP contribution in [0.15, 0.2) is 46.0 Å². The van der Waals surface area contributed by atoms with E-state index in [1.807, 2.05) is 30.3 Å². The number of rotatable bonds is 7. The number of hydrogen-bond acceptors (Lipinski definition) is 6. The third-order valence-electron chi connectivity index (χ3n) is 5.44. The van der Waals surface area contributed by atoms with Gasteiger partial charge in [0.05, 0.1) is 39.2 Å². The standard InChI is InChI=1S/C23H32N4O4.HI/c1-18(27-9-14-28-15-10-27)17-25-23(24-8-7-20-4-2-11-29-20)26-19-5-6-21-22(16-19)31-13-3-12-30-21;/h2,4-6,11,16,18H,3,7-10,12-15,17H2,1H3,(H2,24,25,26);1H. The number of anilines is 1. The molecule has 0 saturated carbocycles. The topological polar surface area (TPSA) is 80.5 Å². The Bertz CT molecular complexity index is 841. The summed E-state index contributed by atoms with van der Waals surface area (Å²) in [6.07, 6.45) is 3.37. The van der Waals surface area contributed by atoms with Crippen LogP contribution in [-0.4, -0.2) is 69.5 Å². The Hall–Kier alpha value is -1.98. The summed E-state index contributed by atoms with van der Waals surface area (Å²) in [5.74, 6) is 3.23. The number of benzene rings is 1. The van der Waals surface area contributed by atoms with Gasteiger partial charge in [-0.05, 0) is 31.2 Å². The lowest BCUT2D eigenvalue weighted by atomic mass is 10.2. The van der Waals surface area contributed by atoms with Crippen molar-refractivity contribution in [2.24, 2.45) is 4.99 Å². The van der Waals surface area contributed by atoms with Crippen molar-refractivity contribution in [3.63, 3.8) is 0 Å². The maximum atomic E-state index is 5.82. The first-order valence-corrected chi connectivity index (χ1v) is 11.1. The van der Waals surface area contributed by atoms with E-state index < -0.39 is 0 Å². The molecule has 32 heavy (non-hydrogen) atoms. The number of furan rings is 1. The normalized spacial score (nSPS) is 17.7. The third kappa shape index (κ3) is 7.28. The van der Waals surface area contributed by atoms with Crippen LogP contribution >= 0.6 is 24.0 Å². The number of nitrogens with one attached hydrogen (secondary N) is 2. The lowest BCUT2D eigenvalue weighted by Gasteiger charge is -2.31. The van der Waals surface area contributed by atoms with Crippen LogP contribution in [-0.2, 0) is 11.2 Å². The highest BCUT2D eigenvalue weighted by atomic mass is 127. The molecule has 8 nitrogen and oxygen atoms in total. The zero-order chi connectivity index (χ0) is 21.3. The highest BCUT2D eigenvalue weighted by molar-refractivity contribution is 14.0. The second-order valence-corrected chi connectivity index (χ2v) is 7.78. The van der Waals surface area contributed by atoms with E-state index in [1.54, 1.807) is 6.26 Å². The van der Waals surface area contributed by atoms with E-state index in [-0.39, 0.29) is 24.0 Å². The van der Waals surface area contributed by atoms with Crippen LogP contribution in [0.2, 0.25) is 0 Å². The number of halogens is 1. The van der Waals surface area contributed by atoms with Crippen LogP contribution in [0, 0.1) is 0 Å². The summed E-state index contributed by atoms with van der Waals surface area (Å²) in [7, 11) is 0. The highest BCUT2D eigenvalue weighted by Crippen LogP contribution is 2.32. The molecule has 1 unspecified atom stereocenters. The zero-order valence-corrected chi connectivity index (χ0v) is 20.9. The molecule has 4 rings (SSSR count). The van der Waals surface area contributed by atoms with Crippen LogP contribution < -0.4 is 20.1 Å². The Balaban J connectivity index is 0.00000289. The maximum Gasteiger partial charge on any atom is 0.195 e. The van der Waals surface area contributed by atoms with E-state index >= 15 is 0 Å². The minimum absolute atomic E-state index is 0. The molecule has 9 heteroatoms. The molecule has 176 valence electrons. The largest absolute Gasteiger partial charge is 0.490 e. The quantitative estimate of drug-likeness (QED) is 0.308. The molecule has 0 spiro atoms. The van der Waals surface area contributed by atoms with Gasteiger partial charge in [-0.1, -0.05) is 0 Å². The predicted octanol–water partition coefficient (Wildman–Crippen LogP) is 3.38. The fourth-order valence-electron chi connectivity index (χ4n) is 3.63.